The van der Waals surface area contributed by atoms with Crippen molar-refractivity contribution in [1.29, 1.82) is 0 Å². The molecule has 1 N–H and O–H groups in total. The standard InChI is InChI=1S/C17H24N4O2/c1-12(2)7-17-19-16(20-23-17)11-21-9-14(15(22)10-21)8-13-3-5-18-6-4-13/h3-6,12,14-15,22H,7-11H2,1-2H3/t14-,15-/m1/s1. The van der Waals surface area contributed by atoms with Gasteiger partial charge in [0.25, 0.3) is 0 Å². The van der Waals surface area contributed by atoms with Gasteiger partial charge in [0.15, 0.2) is 5.82 Å². The van der Waals surface area contributed by atoms with Gasteiger partial charge in [-0.2, -0.15) is 4.98 Å². The Labute approximate surface area is 136 Å². The second-order valence-corrected chi connectivity index (χ2v) is 6.78. The first kappa shape index (κ1) is 16.1. The Morgan fingerprint density at radius 1 is 1.30 bits per heavy atom. The SMILES string of the molecule is CC(C)Cc1nc(CN2C[C@@H](Cc3ccncc3)[C@H](O)C2)no1. The Balaban J connectivity index is 1.55. The van der Waals surface area contributed by atoms with Crippen LogP contribution in [0.15, 0.2) is 29.0 Å². The van der Waals surface area contributed by atoms with Crippen molar-refractivity contribution in [3.63, 3.8) is 0 Å². The second kappa shape index (κ2) is 7.19. The second-order valence-electron chi connectivity index (χ2n) is 6.78. The Morgan fingerprint density at radius 3 is 2.83 bits per heavy atom. The molecule has 0 aromatic carbocycles. The van der Waals surface area contributed by atoms with Crippen molar-refractivity contribution in [2.24, 2.45) is 11.8 Å². The van der Waals surface area contributed by atoms with Crippen LogP contribution in [-0.4, -0.2) is 44.3 Å². The van der Waals surface area contributed by atoms with Gasteiger partial charge < -0.3 is 9.63 Å². The third-order valence-corrected chi connectivity index (χ3v) is 4.19. The lowest BCUT2D eigenvalue weighted by Crippen LogP contribution is -2.22. The van der Waals surface area contributed by atoms with Crippen LogP contribution in [0.2, 0.25) is 0 Å². The first-order valence-electron chi connectivity index (χ1n) is 8.21. The van der Waals surface area contributed by atoms with E-state index in [0.29, 0.717) is 30.7 Å². The lowest BCUT2D eigenvalue weighted by Gasteiger charge is -2.13. The van der Waals surface area contributed by atoms with E-state index >= 15 is 0 Å². The maximum absolute atomic E-state index is 10.3. The van der Waals surface area contributed by atoms with Crippen LogP contribution in [0.4, 0.5) is 0 Å². The van der Waals surface area contributed by atoms with Crippen LogP contribution in [0, 0.1) is 11.8 Å². The number of aliphatic hydroxyl groups excluding tert-OH is 1. The Kier molecular flexibility index (Phi) is 5.03. The number of aromatic nitrogens is 3. The van der Waals surface area contributed by atoms with E-state index in [-0.39, 0.29) is 12.0 Å². The highest BCUT2D eigenvalue weighted by Gasteiger charge is 2.31. The number of nitrogens with zero attached hydrogens (tertiary/aromatic N) is 4. The minimum atomic E-state index is -0.315. The van der Waals surface area contributed by atoms with Crippen molar-refractivity contribution in [3.8, 4) is 0 Å². The van der Waals surface area contributed by atoms with Crippen LogP contribution in [0.1, 0.15) is 31.1 Å². The summed E-state index contributed by atoms with van der Waals surface area (Å²) in [6.45, 7) is 6.39. The molecule has 6 nitrogen and oxygen atoms in total. The summed E-state index contributed by atoms with van der Waals surface area (Å²) in [7, 11) is 0. The number of hydrogen-bond acceptors (Lipinski definition) is 6. The Morgan fingerprint density at radius 2 is 2.09 bits per heavy atom. The Bertz CT molecular complexity index is 614. The van der Waals surface area contributed by atoms with E-state index < -0.39 is 0 Å². The molecule has 0 spiro atoms. The van der Waals surface area contributed by atoms with Crippen molar-refractivity contribution in [1.82, 2.24) is 20.0 Å². The summed E-state index contributed by atoms with van der Waals surface area (Å²) in [6.07, 6.45) is 4.95. The first-order valence-corrected chi connectivity index (χ1v) is 8.21. The molecule has 2 aromatic rings. The van der Waals surface area contributed by atoms with Crippen LogP contribution in [0.3, 0.4) is 0 Å². The van der Waals surface area contributed by atoms with E-state index in [1.807, 2.05) is 12.1 Å². The third kappa shape index (κ3) is 4.36. The minimum absolute atomic E-state index is 0.236. The highest BCUT2D eigenvalue weighted by Crippen LogP contribution is 2.22. The molecule has 0 saturated carbocycles. The van der Waals surface area contributed by atoms with Gasteiger partial charge in [0.05, 0.1) is 12.6 Å². The average Bonchev–Trinajstić information content (AvgIpc) is 3.07. The van der Waals surface area contributed by atoms with Crippen LogP contribution >= 0.6 is 0 Å². The molecular formula is C17H24N4O2. The predicted molar refractivity (Wildman–Crippen MR) is 85.6 cm³/mol. The fourth-order valence-electron chi connectivity index (χ4n) is 3.08. The molecule has 3 heterocycles. The molecule has 23 heavy (non-hydrogen) atoms. The van der Waals surface area contributed by atoms with Crippen LogP contribution in [0.5, 0.6) is 0 Å². The van der Waals surface area contributed by atoms with Gasteiger partial charge in [-0.25, -0.2) is 0 Å². The van der Waals surface area contributed by atoms with E-state index in [1.54, 1.807) is 12.4 Å². The summed E-state index contributed by atoms with van der Waals surface area (Å²) in [6, 6.07) is 4.01. The number of likely N-dealkylation sites (tertiary alicyclic amines) is 1. The number of pyridine rings is 1. The maximum atomic E-state index is 10.3. The smallest absolute Gasteiger partial charge is 0.226 e. The summed E-state index contributed by atoms with van der Waals surface area (Å²) >= 11 is 0. The fraction of sp³-hybridized carbons (Fsp3) is 0.588. The molecule has 0 unspecified atom stereocenters. The van der Waals surface area contributed by atoms with E-state index in [2.05, 4.69) is 33.9 Å². The quantitative estimate of drug-likeness (QED) is 0.874. The number of rotatable bonds is 6. The van der Waals surface area contributed by atoms with E-state index in [0.717, 1.165) is 19.4 Å². The Hall–Kier alpha value is -1.79. The van der Waals surface area contributed by atoms with Crippen LogP contribution in [0.25, 0.3) is 0 Å². The molecule has 0 bridgehead atoms. The zero-order valence-corrected chi connectivity index (χ0v) is 13.7. The third-order valence-electron chi connectivity index (χ3n) is 4.19. The highest BCUT2D eigenvalue weighted by atomic mass is 16.5. The monoisotopic (exact) mass is 316 g/mol. The largest absolute Gasteiger partial charge is 0.391 e. The topological polar surface area (TPSA) is 75.3 Å². The van der Waals surface area contributed by atoms with Crippen LogP contribution in [-0.2, 0) is 19.4 Å². The molecule has 1 aliphatic rings. The van der Waals surface area contributed by atoms with Crippen molar-refractivity contribution >= 4 is 0 Å². The van der Waals surface area contributed by atoms with Gasteiger partial charge in [-0.05, 0) is 30.0 Å². The number of hydrogen-bond donors (Lipinski definition) is 1. The van der Waals surface area contributed by atoms with Crippen molar-refractivity contribution in [2.75, 3.05) is 13.1 Å². The first-order chi connectivity index (χ1) is 11.1. The molecule has 1 fully saturated rings. The van der Waals surface area contributed by atoms with Gasteiger partial charge in [-0.15, -0.1) is 0 Å². The molecule has 0 aliphatic carbocycles. The fourth-order valence-corrected chi connectivity index (χ4v) is 3.08. The summed E-state index contributed by atoms with van der Waals surface area (Å²) < 4.78 is 5.28. The van der Waals surface area contributed by atoms with Gasteiger partial charge in [0.2, 0.25) is 5.89 Å². The van der Waals surface area contributed by atoms with Gasteiger partial charge in [0, 0.05) is 37.8 Å². The number of aliphatic hydroxyl groups is 1. The summed E-state index contributed by atoms with van der Waals surface area (Å²) in [5.74, 6) is 2.14. The molecular weight excluding hydrogens is 292 g/mol. The average molecular weight is 316 g/mol. The van der Waals surface area contributed by atoms with E-state index in [1.165, 1.54) is 5.56 Å². The lowest BCUT2D eigenvalue weighted by atomic mass is 9.97. The highest BCUT2D eigenvalue weighted by molar-refractivity contribution is 5.11. The molecule has 1 saturated heterocycles. The molecule has 2 atom stereocenters. The van der Waals surface area contributed by atoms with Gasteiger partial charge >= 0.3 is 0 Å². The zero-order chi connectivity index (χ0) is 16.2. The summed E-state index contributed by atoms with van der Waals surface area (Å²) in [5, 5.41) is 14.4. The normalized spacial score (nSPS) is 22.1. The zero-order valence-electron chi connectivity index (χ0n) is 13.7. The van der Waals surface area contributed by atoms with Crippen molar-refractivity contribution in [2.45, 2.75) is 39.3 Å². The molecule has 0 amide bonds. The lowest BCUT2D eigenvalue weighted by molar-refractivity contribution is 0.140. The van der Waals surface area contributed by atoms with E-state index in [9.17, 15) is 5.11 Å². The van der Waals surface area contributed by atoms with E-state index in [4.69, 9.17) is 4.52 Å². The molecule has 2 aromatic heterocycles. The summed E-state index contributed by atoms with van der Waals surface area (Å²) in [4.78, 5) is 10.7. The number of β-amino-alcohol motifs (C(OH)–C–C–N with tert-alkyl or cyclic N) is 1. The summed E-state index contributed by atoms with van der Waals surface area (Å²) in [5.41, 5.74) is 1.21. The predicted octanol–water partition coefficient (Wildman–Crippen LogP) is 1.70. The molecule has 3 rings (SSSR count). The molecule has 6 heteroatoms. The minimum Gasteiger partial charge on any atom is -0.391 e. The van der Waals surface area contributed by atoms with Crippen molar-refractivity contribution in [3.05, 3.63) is 41.8 Å². The molecule has 0 radical (unpaired) electrons. The maximum Gasteiger partial charge on any atom is 0.226 e. The van der Waals surface area contributed by atoms with Gasteiger partial charge in [-0.1, -0.05) is 19.0 Å². The van der Waals surface area contributed by atoms with Gasteiger partial charge in [0.1, 0.15) is 0 Å². The van der Waals surface area contributed by atoms with Gasteiger partial charge in [-0.3, -0.25) is 9.88 Å². The van der Waals surface area contributed by atoms with Crippen LogP contribution < -0.4 is 0 Å². The van der Waals surface area contributed by atoms with Crippen molar-refractivity contribution < 1.29 is 9.63 Å². The molecule has 124 valence electrons. The molecule has 1 aliphatic heterocycles.